The fourth-order valence-electron chi connectivity index (χ4n) is 9.13. The molecule has 0 spiro atoms. The predicted molar refractivity (Wildman–Crippen MR) is 284 cm³/mol. The van der Waals surface area contributed by atoms with E-state index in [0.29, 0.717) is 13.0 Å². The molecule has 2 rings (SSSR count). The number of carbonyl (C=O) groups excluding carboxylic acids is 1. The number of esters is 1. The van der Waals surface area contributed by atoms with Gasteiger partial charge in [-0.2, -0.15) is 0 Å². The Kier molecular flexibility index (Phi) is 41.8. The molecule has 2 heterocycles. The van der Waals surface area contributed by atoms with E-state index in [-0.39, 0.29) is 25.6 Å². The van der Waals surface area contributed by atoms with Gasteiger partial charge in [-0.15, -0.1) is 0 Å². The summed E-state index contributed by atoms with van der Waals surface area (Å²) in [5.41, 5.74) is 0. The highest BCUT2D eigenvalue weighted by Crippen LogP contribution is 2.27. The summed E-state index contributed by atoms with van der Waals surface area (Å²) in [6, 6.07) is 0. The SMILES string of the molecule is CCCCCCC/C=C\C/C=C\CCCCCCCCCCCC(=O)OC(COCCCCCCCC/C=C\CCCCCCCCC)COC1OC(COC2OC(CO)C(O)C(O)C2O)C(O)C(O)C1O. The Morgan fingerprint density at radius 1 is 0.458 bits per heavy atom. The molecule has 14 nitrogen and oxygen atoms in total. The smallest absolute Gasteiger partial charge is 0.306 e. The third-order valence-electron chi connectivity index (χ3n) is 13.9. The van der Waals surface area contributed by atoms with E-state index in [0.717, 1.165) is 57.8 Å². The minimum Gasteiger partial charge on any atom is -0.457 e. The van der Waals surface area contributed by atoms with E-state index in [1.165, 1.54) is 141 Å². The summed E-state index contributed by atoms with van der Waals surface area (Å²) in [4.78, 5) is 13.1. The molecule has 14 heteroatoms. The van der Waals surface area contributed by atoms with Crippen molar-refractivity contribution in [2.24, 2.45) is 0 Å². The summed E-state index contributed by atoms with van der Waals surface area (Å²) in [5.74, 6) is -0.380. The van der Waals surface area contributed by atoms with E-state index in [1.807, 2.05) is 0 Å². The highest BCUT2D eigenvalue weighted by Gasteiger charge is 2.47. The number of ether oxygens (including phenoxy) is 6. The Morgan fingerprint density at radius 2 is 0.861 bits per heavy atom. The lowest BCUT2D eigenvalue weighted by molar-refractivity contribution is -0.332. The number of aliphatic hydroxyl groups is 7. The first kappa shape index (κ1) is 66.3. The molecule has 7 N–H and O–H groups in total. The van der Waals surface area contributed by atoms with Crippen LogP contribution in [0.4, 0.5) is 0 Å². The van der Waals surface area contributed by atoms with Crippen LogP contribution in [-0.4, -0.2) is 142 Å². The third-order valence-corrected chi connectivity index (χ3v) is 13.9. The van der Waals surface area contributed by atoms with Crippen LogP contribution in [0.1, 0.15) is 226 Å². The molecule has 2 saturated heterocycles. The summed E-state index contributed by atoms with van der Waals surface area (Å²) < 4.78 is 34.4. The summed E-state index contributed by atoms with van der Waals surface area (Å²) in [5, 5.41) is 72.3. The molecule has 72 heavy (non-hydrogen) atoms. The molecule has 2 fully saturated rings. The normalized spacial score (nSPS) is 25.3. The molecular weight excluding hydrogens is 921 g/mol. The van der Waals surface area contributed by atoms with Gasteiger partial charge in [-0.1, -0.05) is 185 Å². The minimum absolute atomic E-state index is 0.0571. The lowest BCUT2D eigenvalue weighted by Crippen LogP contribution is -2.61. The van der Waals surface area contributed by atoms with Gasteiger partial charge < -0.3 is 64.2 Å². The topological polar surface area (TPSA) is 214 Å². The molecule has 0 saturated carbocycles. The Bertz CT molecular complexity index is 1330. The zero-order valence-corrected chi connectivity index (χ0v) is 45.2. The molecule has 11 atom stereocenters. The van der Waals surface area contributed by atoms with Crippen molar-refractivity contribution in [1.29, 1.82) is 0 Å². The average Bonchev–Trinajstić information content (AvgIpc) is 3.38. The van der Waals surface area contributed by atoms with Crippen LogP contribution in [0.15, 0.2) is 36.5 Å². The fourth-order valence-corrected chi connectivity index (χ4v) is 9.13. The third kappa shape index (κ3) is 31.9. The van der Waals surface area contributed by atoms with Gasteiger partial charge in [0.25, 0.3) is 0 Å². The van der Waals surface area contributed by atoms with Gasteiger partial charge in [-0.3, -0.25) is 4.79 Å². The van der Waals surface area contributed by atoms with Crippen LogP contribution in [0.2, 0.25) is 0 Å². The van der Waals surface area contributed by atoms with Crippen molar-refractivity contribution < 1.29 is 69.0 Å². The average molecular weight is 1030 g/mol. The van der Waals surface area contributed by atoms with Gasteiger partial charge in [0, 0.05) is 13.0 Å². The maximum Gasteiger partial charge on any atom is 0.306 e. The highest BCUT2D eigenvalue weighted by atomic mass is 16.7. The van der Waals surface area contributed by atoms with E-state index in [9.17, 15) is 40.5 Å². The quantitative estimate of drug-likeness (QED) is 0.0172. The predicted octanol–water partition coefficient (Wildman–Crippen LogP) is 10.1. The first-order chi connectivity index (χ1) is 35.1. The van der Waals surface area contributed by atoms with Crippen LogP contribution >= 0.6 is 0 Å². The van der Waals surface area contributed by atoms with Crippen molar-refractivity contribution in [2.45, 2.75) is 293 Å². The van der Waals surface area contributed by atoms with Crippen molar-refractivity contribution in [3.8, 4) is 0 Å². The van der Waals surface area contributed by atoms with Gasteiger partial charge in [0.15, 0.2) is 12.6 Å². The van der Waals surface area contributed by atoms with Crippen LogP contribution < -0.4 is 0 Å². The molecule has 0 amide bonds. The zero-order chi connectivity index (χ0) is 52.3. The second-order valence-electron chi connectivity index (χ2n) is 20.5. The summed E-state index contributed by atoms with van der Waals surface area (Å²) in [6.07, 6.45) is 36.3. The molecule has 2 aliphatic rings. The molecule has 422 valence electrons. The second-order valence-corrected chi connectivity index (χ2v) is 20.5. The van der Waals surface area contributed by atoms with Gasteiger partial charge in [-0.05, 0) is 70.6 Å². The van der Waals surface area contributed by atoms with Crippen molar-refractivity contribution in [3.63, 3.8) is 0 Å². The van der Waals surface area contributed by atoms with Crippen molar-refractivity contribution in [3.05, 3.63) is 36.5 Å². The van der Waals surface area contributed by atoms with Gasteiger partial charge >= 0.3 is 5.97 Å². The number of hydrogen-bond acceptors (Lipinski definition) is 14. The first-order valence-corrected chi connectivity index (χ1v) is 29.1. The van der Waals surface area contributed by atoms with E-state index < -0.39 is 80.7 Å². The second kappa shape index (κ2) is 45.4. The largest absolute Gasteiger partial charge is 0.457 e. The minimum atomic E-state index is -1.71. The number of rotatable bonds is 47. The fraction of sp³-hybridized carbons (Fsp3) is 0.879. The Labute approximate surface area is 436 Å². The maximum atomic E-state index is 13.1. The van der Waals surface area contributed by atoms with Gasteiger partial charge in [0.2, 0.25) is 0 Å². The molecule has 0 aliphatic carbocycles. The Hall–Kier alpha value is -1.79. The number of carbonyl (C=O) groups is 1. The molecule has 0 radical (unpaired) electrons. The van der Waals surface area contributed by atoms with Gasteiger partial charge in [-0.25, -0.2) is 0 Å². The van der Waals surface area contributed by atoms with Crippen molar-refractivity contribution in [2.75, 3.05) is 33.0 Å². The van der Waals surface area contributed by atoms with Gasteiger partial charge in [0.1, 0.15) is 54.9 Å². The number of allylic oxidation sites excluding steroid dienone is 6. The van der Waals surface area contributed by atoms with Crippen LogP contribution in [0, 0.1) is 0 Å². The van der Waals surface area contributed by atoms with Crippen molar-refractivity contribution >= 4 is 5.97 Å². The lowest BCUT2D eigenvalue weighted by Gasteiger charge is -2.42. The zero-order valence-electron chi connectivity index (χ0n) is 45.2. The monoisotopic (exact) mass is 1030 g/mol. The summed E-state index contributed by atoms with van der Waals surface area (Å²) in [7, 11) is 0. The summed E-state index contributed by atoms with van der Waals surface area (Å²) >= 11 is 0. The molecule has 11 unspecified atom stereocenters. The molecule has 2 aliphatic heterocycles. The highest BCUT2D eigenvalue weighted by molar-refractivity contribution is 5.69. The molecule has 0 bridgehead atoms. The Balaban J connectivity index is 1.72. The Morgan fingerprint density at radius 3 is 1.35 bits per heavy atom. The standard InChI is InChI=1S/C58H106O14/c1-3-5-7-9-11-13-15-17-19-21-22-23-24-25-27-29-31-33-35-37-39-41-50(60)70-47(44-67-42-40-38-36-34-32-30-28-26-20-18-16-14-12-10-8-6-4-2)45-68-57-56(66)54(64)52(62)49(72-57)46-69-58-55(65)53(63)51(61)48(43-59)71-58/h15,17,20-22,26,47-49,51-59,61-66H,3-14,16,18-19,23-25,27-46H2,1-2H3/b17-15-,22-21-,26-20-. The van der Waals surface area contributed by atoms with Crippen LogP contribution in [0.25, 0.3) is 0 Å². The van der Waals surface area contributed by atoms with E-state index in [2.05, 4.69) is 50.3 Å². The number of aliphatic hydroxyl groups excluding tert-OH is 7. The molecule has 0 aromatic rings. The van der Waals surface area contributed by atoms with Gasteiger partial charge in [0.05, 0.1) is 26.4 Å². The van der Waals surface area contributed by atoms with E-state index in [1.54, 1.807) is 0 Å². The van der Waals surface area contributed by atoms with E-state index >= 15 is 0 Å². The molecule has 0 aromatic carbocycles. The first-order valence-electron chi connectivity index (χ1n) is 29.1. The van der Waals surface area contributed by atoms with Crippen LogP contribution in [0.5, 0.6) is 0 Å². The van der Waals surface area contributed by atoms with Crippen LogP contribution in [-0.2, 0) is 33.2 Å². The van der Waals surface area contributed by atoms with E-state index in [4.69, 9.17) is 28.4 Å². The molecule has 0 aromatic heterocycles. The molecular formula is C58H106O14. The number of unbranched alkanes of at least 4 members (excludes halogenated alkanes) is 27. The van der Waals surface area contributed by atoms with Crippen LogP contribution in [0.3, 0.4) is 0 Å². The maximum absolute atomic E-state index is 13.1. The van der Waals surface area contributed by atoms with Crippen molar-refractivity contribution in [1.82, 2.24) is 0 Å². The lowest BCUT2D eigenvalue weighted by atomic mass is 9.98. The summed E-state index contributed by atoms with van der Waals surface area (Å²) in [6.45, 7) is 3.68. The number of hydrogen-bond donors (Lipinski definition) is 7.